The van der Waals surface area contributed by atoms with E-state index >= 15 is 0 Å². The van der Waals surface area contributed by atoms with E-state index in [1.165, 1.54) is 32.1 Å². The second kappa shape index (κ2) is 8.57. The predicted molar refractivity (Wildman–Crippen MR) is 67.5 cm³/mol. The number of carbonyl (C=O) groups is 1. The molecule has 0 aliphatic rings. The molecule has 96 valence electrons. The summed E-state index contributed by atoms with van der Waals surface area (Å²) in [6, 6.07) is 0. The van der Waals surface area contributed by atoms with Crippen LogP contribution in [0.4, 0.5) is 0 Å². The second-order valence-electron chi connectivity index (χ2n) is 5.36. The third-order valence-corrected chi connectivity index (χ3v) is 2.71. The zero-order valence-corrected chi connectivity index (χ0v) is 10.8. The van der Waals surface area contributed by atoms with Crippen molar-refractivity contribution in [2.75, 3.05) is 0 Å². The van der Waals surface area contributed by atoms with E-state index in [1.54, 1.807) is 0 Å². The maximum atomic E-state index is 10.3. The lowest BCUT2D eigenvalue weighted by Gasteiger charge is -2.17. The maximum Gasteiger partial charge on any atom is 0.303 e. The van der Waals surface area contributed by atoms with E-state index in [9.17, 15) is 4.79 Å². The number of rotatable bonds is 10. The van der Waals surface area contributed by atoms with Crippen LogP contribution < -0.4 is 5.73 Å². The number of carboxylic acids is 1. The average Bonchev–Trinajstić information content (AvgIpc) is 2.13. The highest BCUT2D eigenvalue weighted by Gasteiger charge is 2.08. The Bertz CT molecular complexity index is 185. The van der Waals surface area contributed by atoms with Crippen molar-refractivity contribution in [3.63, 3.8) is 0 Å². The van der Waals surface area contributed by atoms with Crippen LogP contribution in [0.5, 0.6) is 0 Å². The van der Waals surface area contributed by atoms with Gasteiger partial charge in [-0.1, -0.05) is 38.5 Å². The van der Waals surface area contributed by atoms with Crippen LogP contribution in [0.3, 0.4) is 0 Å². The molecule has 0 rings (SSSR count). The van der Waals surface area contributed by atoms with Crippen molar-refractivity contribution in [3.05, 3.63) is 0 Å². The number of hydrogen-bond donors (Lipinski definition) is 2. The average molecular weight is 229 g/mol. The molecule has 3 nitrogen and oxygen atoms in total. The van der Waals surface area contributed by atoms with Crippen LogP contribution >= 0.6 is 0 Å². The fraction of sp³-hybridized carbons (Fsp3) is 0.923. The van der Waals surface area contributed by atoms with Gasteiger partial charge in [-0.3, -0.25) is 4.79 Å². The van der Waals surface area contributed by atoms with Crippen LogP contribution in [0, 0.1) is 0 Å². The summed E-state index contributed by atoms with van der Waals surface area (Å²) in [5, 5.41) is 8.45. The molecular weight excluding hydrogens is 202 g/mol. The first kappa shape index (κ1) is 15.4. The van der Waals surface area contributed by atoms with Crippen molar-refractivity contribution in [2.45, 2.75) is 77.2 Å². The molecule has 0 unspecified atom stereocenters. The third-order valence-electron chi connectivity index (χ3n) is 2.71. The highest BCUT2D eigenvalue weighted by Crippen LogP contribution is 2.13. The molecular formula is C13H27NO2. The third kappa shape index (κ3) is 13.4. The lowest BCUT2D eigenvalue weighted by Crippen LogP contribution is -2.31. The van der Waals surface area contributed by atoms with Gasteiger partial charge < -0.3 is 10.8 Å². The molecule has 0 saturated carbocycles. The second-order valence-corrected chi connectivity index (χ2v) is 5.36. The minimum Gasteiger partial charge on any atom is -0.481 e. The summed E-state index contributed by atoms with van der Waals surface area (Å²) in [4.78, 5) is 10.3. The van der Waals surface area contributed by atoms with Gasteiger partial charge in [-0.05, 0) is 26.7 Å². The normalized spacial score (nSPS) is 11.7. The standard InChI is InChI=1S/C13H27NO2/c1-13(2,14)11-9-7-5-3-4-6-8-10-12(15)16/h3-11,14H2,1-2H3,(H,15,16). The largest absolute Gasteiger partial charge is 0.481 e. The lowest BCUT2D eigenvalue weighted by atomic mass is 9.97. The van der Waals surface area contributed by atoms with Gasteiger partial charge in [-0.2, -0.15) is 0 Å². The molecule has 3 heteroatoms. The van der Waals surface area contributed by atoms with Crippen molar-refractivity contribution in [2.24, 2.45) is 5.73 Å². The van der Waals surface area contributed by atoms with Crippen molar-refractivity contribution < 1.29 is 9.90 Å². The minimum atomic E-state index is -0.676. The van der Waals surface area contributed by atoms with E-state index in [0.717, 1.165) is 19.3 Å². The smallest absolute Gasteiger partial charge is 0.303 e. The van der Waals surface area contributed by atoms with E-state index in [2.05, 4.69) is 13.8 Å². The molecule has 0 aromatic carbocycles. The summed E-state index contributed by atoms with van der Waals surface area (Å²) in [6.45, 7) is 4.14. The maximum absolute atomic E-state index is 10.3. The fourth-order valence-electron chi connectivity index (χ4n) is 1.74. The Hall–Kier alpha value is -0.570. The van der Waals surface area contributed by atoms with E-state index in [1.807, 2.05) is 0 Å². The van der Waals surface area contributed by atoms with Gasteiger partial charge in [-0.15, -0.1) is 0 Å². The van der Waals surface area contributed by atoms with Gasteiger partial charge in [0, 0.05) is 12.0 Å². The van der Waals surface area contributed by atoms with Gasteiger partial charge in [0.15, 0.2) is 0 Å². The van der Waals surface area contributed by atoms with E-state index < -0.39 is 5.97 Å². The topological polar surface area (TPSA) is 63.3 Å². The van der Waals surface area contributed by atoms with Crippen LogP contribution in [0.15, 0.2) is 0 Å². The van der Waals surface area contributed by atoms with Crippen molar-refractivity contribution in [3.8, 4) is 0 Å². The SMILES string of the molecule is CC(C)(N)CCCCCCCCCC(=O)O. The predicted octanol–water partition coefficient (Wildman–Crippen LogP) is 3.32. The number of carboxylic acid groups (broad SMARTS) is 1. The molecule has 0 bridgehead atoms. The molecule has 0 radical (unpaired) electrons. The fourth-order valence-corrected chi connectivity index (χ4v) is 1.74. The molecule has 0 aromatic rings. The Labute approximate surface area is 99.4 Å². The number of hydrogen-bond acceptors (Lipinski definition) is 2. The molecule has 0 heterocycles. The monoisotopic (exact) mass is 229 g/mol. The molecule has 16 heavy (non-hydrogen) atoms. The highest BCUT2D eigenvalue weighted by atomic mass is 16.4. The molecule has 0 atom stereocenters. The van der Waals surface area contributed by atoms with Gasteiger partial charge >= 0.3 is 5.97 Å². The first-order chi connectivity index (χ1) is 7.42. The molecule has 0 amide bonds. The molecule has 0 spiro atoms. The minimum absolute atomic E-state index is 0.0263. The number of unbranched alkanes of at least 4 members (excludes halogenated alkanes) is 6. The van der Waals surface area contributed by atoms with Crippen LogP contribution in [0.1, 0.15) is 71.6 Å². The quantitative estimate of drug-likeness (QED) is 0.565. The summed E-state index contributed by atoms with van der Waals surface area (Å²) in [7, 11) is 0. The summed E-state index contributed by atoms with van der Waals surface area (Å²) in [5.41, 5.74) is 5.86. The van der Waals surface area contributed by atoms with E-state index in [4.69, 9.17) is 10.8 Å². The number of aliphatic carboxylic acids is 1. The molecule has 0 aromatic heterocycles. The Morgan fingerprint density at radius 3 is 1.88 bits per heavy atom. The van der Waals surface area contributed by atoms with Crippen LogP contribution in [-0.2, 0) is 4.79 Å². The summed E-state index contributed by atoms with van der Waals surface area (Å²) in [6.07, 6.45) is 9.39. The molecule has 3 N–H and O–H groups in total. The Kier molecular flexibility index (Phi) is 8.26. The number of nitrogens with two attached hydrogens (primary N) is 1. The van der Waals surface area contributed by atoms with Gasteiger partial charge in [0.05, 0.1) is 0 Å². The van der Waals surface area contributed by atoms with Crippen molar-refractivity contribution >= 4 is 5.97 Å². The van der Waals surface area contributed by atoms with Crippen LogP contribution in [0.25, 0.3) is 0 Å². The summed E-state index contributed by atoms with van der Waals surface area (Å²) in [5.74, 6) is -0.676. The zero-order chi connectivity index (χ0) is 12.4. The van der Waals surface area contributed by atoms with E-state index in [0.29, 0.717) is 6.42 Å². The Morgan fingerprint density at radius 1 is 1.00 bits per heavy atom. The van der Waals surface area contributed by atoms with E-state index in [-0.39, 0.29) is 5.54 Å². The Morgan fingerprint density at radius 2 is 1.44 bits per heavy atom. The summed E-state index contributed by atoms with van der Waals surface area (Å²) >= 11 is 0. The zero-order valence-electron chi connectivity index (χ0n) is 10.8. The van der Waals surface area contributed by atoms with Crippen LogP contribution in [0.2, 0.25) is 0 Å². The molecule has 0 aliphatic heterocycles. The van der Waals surface area contributed by atoms with Gasteiger partial charge in [0.25, 0.3) is 0 Å². The van der Waals surface area contributed by atoms with Crippen LogP contribution in [-0.4, -0.2) is 16.6 Å². The molecule has 0 saturated heterocycles. The summed E-state index contributed by atoms with van der Waals surface area (Å²) < 4.78 is 0. The lowest BCUT2D eigenvalue weighted by molar-refractivity contribution is -0.137. The van der Waals surface area contributed by atoms with Crippen molar-refractivity contribution in [1.29, 1.82) is 0 Å². The molecule has 0 aliphatic carbocycles. The Balaban J connectivity index is 3.07. The van der Waals surface area contributed by atoms with Gasteiger partial charge in [0.2, 0.25) is 0 Å². The first-order valence-electron chi connectivity index (χ1n) is 6.42. The highest BCUT2D eigenvalue weighted by molar-refractivity contribution is 5.66. The van der Waals surface area contributed by atoms with Gasteiger partial charge in [-0.25, -0.2) is 0 Å². The molecule has 0 fully saturated rings. The van der Waals surface area contributed by atoms with Gasteiger partial charge in [0.1, 0.15) is 0 Å². The van der Waals surface area contributed by atoms with Crippen molar-refractivity contribution in [1.82, 2.24) is 0 Å². The first-order valence-corrected chi connectivity index (χ1v) is 6.42.